The first-order chi connectivity index (χ1) is 11.8. The first kappa shape index (κ1) is 17.6. The predicted octanol–water partition coefficient (Wildman–Crippen LogP) is 0.301. The number of alkyl halides is 1. The van der Waals surface area contributed by atoms with Gasteiger partial charge in [0.2, 0.25) is 10.0 Å². The van der Waals surface area contributed by atoms with Crippen LogP contribution >= 0.6 is 0 Å². The van der Waals surface area contributed by atoms with Crippen molar-refractivity contribution in [1.82, 2.24) is 9.21 Å². The second-order valence-corrected chi connectivity index (χ2v) is 9.92. The highest BCUT2D eigenvalue weighted by Crippen LogP contribution is 2.39. The molecule has 9 heteroatoms. The van der Waals surface area contributed by atoms with Crippen molar-refractivity contribution >= 4 is 15.9 Å². The van der Waals surface area contributed by atoms with Crippen molar-refractivity contribution < 1.29 is 27.1 Å². The summed E-state index contributed by atoms with van der Waals surface area (Å²) in [5, 5.41) is -0.298. The molecule has 0 aromatic rings. The van der Waals surface area contributed by atoms with Crippen LogP contribution < -0.4 is 0 Å². The van der Waals surface area contributed by atoms with E-state index in [2.05, 4.69) is 0 Å². The van der Waals surface area contributed by atoms with Crippen molar-refractivity contribution in [2.24, 2.45) is 0 Å². The van der Waals surface area contributed by atoms with Crippen molar-refractivity contribution in [3.63, 3.8) is 0 Å². The molecule has 0 aromatic carbocycles. The van der Waals surface area contributed by atoms with Gasteiger partial charge < -0.3 is 14.4 Å². The lowest BCUT2D eigenvalue weighted by molar-refractivity contribution is -0.173. The number of rotatable bonds is 3. The van der Waals surface area contributed by atoms with E-state index in [1.165, 1.54) is 9.21 Å². The lowest BCUT2D eigenvalue weighted by Gasteiger charge is -2.46. The van der Waals surface area contributed by atoms with Crippen LogP contribution in [-0.2, 0) is 24.3 Å². The van der Waals surface area contributed by atoms with Crippen molar-refractivity contribution in [1.29, 1.82) is 0 Å². The molecule has 2 saturated carbocycles. The number of carbonyl (C=O) groups is 1. The molecule has 1 atom stereocenters. The Morgan fingerprint density at radius 2 is 1.88 bits per heavy atom. The number of halogens is 1. The highest BCUT2D eigenvalue weighted by atomic mass is 32.2. The zero-order chi connectivity index (χ0) is 17.7. The maximum atomic E-state index is 14.5. The second-order valence-electron chi connectivity index (χ2n) is 7.71. The maximum absolute atomic E-state index is 14.5. The van der Waals surface area contributed by atoms with Crippen LogP contribution in [0.25, 0.3) is 0 Å². The number of nitrogens with zero attached hydrogens (tertiary/aromatic N) is 2. The summed E-state index contributed by atoms with van der Waals surface area (Å²) in [6, 6.07) is 0. The van der Waals surface area contributed by atoms with E-state index in [0.29, 0.717) is 32.5 Å². The van der Waals surface area contributed by atoms with Crippen molar-refractivity contribution in [2.75, 3.05) is 46.0 Å². The van der Waals surface area contributed by atoms with Gasteiger partial charge in [-0.25, -0.2) is 12.8 Å². The van der Waals surface area contributed by atoms with Crippen LogP contribution in [0.1, 0.15) is 32.1 Å². The van der Waals surface area contributed by atoms with Crippen molar-refractivity contribution in [2.45, 2.75) is 48.6 Å². The van der Waals surface area contributed by atoms with Crippen LogP contribution in [0.4, 0.5) is 4.39 Å². The molecule has 2 saturated heterocycles. The quantitative estimate of drug-likeness (QED) is 0.708. The van der Waals surface area contributed by atoms with E-state index in [1.807, 2.05) is 0 Å². The zero-order valence-corrected chi connectivity index (χ0v) is 15.1. The Morgan fingerprint density at radius 1 is 1.12 bits per heavy atom. The lowest BCUT2D eigenvalue weighted by Crippen LogP contribution is -2.63. The van der Waals surface area contributed by atoms with Gasteiger partial charge in [0.05, 0.1) is 31.6 Å². The highest BCUT2D eigenvalue weighted by molar-refractivity contribution is 7.90. The molecule has 0 bridgehead atoms. The van der Waals surface area contributed by atoms with E-state index < -0.39 is 27.2 Å². The van der Waals surface area contributed by atoms with Crippen LogP contribution in [0, 0.1) is 0 Å². The van der Waals surface area contributed by atoms with Crippen molar-refractivity contribution in [3.8, 4) is 0 Å². The molecule has 7 nitrogen and oxygen atoms in total. The van der Waals surface area contributed by atoms with Gasteiger partial charge in [-0.15, -0.1) is 0 Å². The number of hydrogen-bond donors (Lipinski definition) is 0. The van der Waals surface area contributed by atoms with Crippen LogP contribution in [-0.4, -0.2) is 86.0 Å². The Labute approximate surface area is 147 Å². The SMILES string of the molecule is O=C(N1CCOC2(COCCN(S(=O)(=O)C3CC3)C2)C1)C1(F)CCC1. The van der Waals surface area contributed by atoms with Gasteiger partial charge in [-0.3, -0.25) is 4.79 Å². The molecule has 2 heterocycles. The number of morpholine rings is 1. The number of carbonyl (C=O) groups excluding carboxylic acids is 1. The van der Waals surface area contributed by atoms with Gasteiger partial charge in [-0.1, -0.05) is 0 Å². The van der Waals surface area contributed by atoms with Gasteiger partial charge in [0.1, 0.15) is 5.60 Å². The van der Waals surface area contributed by atoms with E-state index in [1.54, 1.807) is 0 Å². The standard InChI is InChI=1S/C16H25FN2O5S/c17-16(4-1-5-16)14(20)18-6-9-24-15(10-18)11-19(7-8-23-12-15)25(21,22)13-2-3-13/h13H,1-12H2. The molecule has 142 valence electrons. The molecular weight excluding hydrogens is 351 g/mol. The number of ether oxygens (including phenoxy) is 2. The largest absolute Gasteiger partial charge is 0.377 e. The van der Waals surface area contributed by atoms with Crippen molar-refractivity contribution in [3.05, 3.63) is 0 Å². The summed E-state index contributed by atoms with van der Waals surface area (Å²) in [5.74, 6) is -0.484. The number of sulfonamides is 1. The summed E-state index contributed by atoms with van der Waals surface area (Å²) in [6.45, 7) is 1.75. The van der Waals surface area contributed by atoms with E-state index in [-0.39, 0.29) is 44.4 Å². The molecule has 2 aliphatic heterocycles. The molecule has 0 N–H and O–H groups in total. The Morgan fingerprint density at radius 3 is 2.52 bits per heavy atom. The Kier molecular flexibility index (Phi) is 4.33. The fourth-order valence-corrected chi connectivity index (χ4v) is 5.75. The number of hydrogen-bond acceptors (Lipinski definition) is 5. The first-order valence-corrected chi connectivity index (χ1v) is 10.5. The van der Waals surface area contributed by atoms with Crippen LogP contribution in [0.2, 0.25) is 0 Å². The van der Waals surface area contributed by atoms with E-state index in [0.717, 1.165) is 6.42 Å². The second kappa shape index (κ2) is 6.14. The van der Waals surface area contributed by atoms with Gasteiger partial charge in [0.15, 0.2) is 5.67 Å². The van der Waals surface area contributed by atoms with E-state index >= 15 is 0 Å². The molecule has 25 heavy (non-hydrogen) atoms. The predicted molar refractivity (Wildman–Crippen MR) is 87.3 cm³/mol. The minimum absolute atomic E-state index is 0.162. The first-order valence-electron chi connectivity index (χ1n) is 9.04. The number of amides is 1. The summed E-state index contributed by atoms with van der Waals surface area (Å²) < 4.78 is 52.8. The smallest absolute Gasteiger partial charge is 0.260 e. The Hall–Kier alpha value is -0.770. The summed E-state index contributed by atoms with van der Waals surface area (Å²) in [6.07, 6.45) is 2.67. The third-order valence-electron chi connectivity index (χ3n) is 5.69. The van der Waals surface area contributed by atoms with Crippen LogP contribution in [0.5, 0.6) is 0 Å². The lowest BCUT2D eigenvalue weighted by atomic mass is 9.80. The molecule has 1 spiro atoms. The molecule has 0 aromatic heterocycles. The van der Waals surface area contributed by atoms with Crippen LogP contribution in [0.3, 0.4) is 0 Å². The zero-order valence-electron chi connectivity index (χ0n) is 14.3. The van der Waals surface area contributed by atoms with Gasteiger partial charge in [0, 0.05) is 19.6 Å². The third kappa shape index (κ3) is 3.20. The fraction of sp³-hybridized carbons (Fsp3) is 0.938. The summed E-state index contributed by atoms with van der Waals surface area (Å²) >= 11 is 0. The normalized spacial score (nSPS) is 33.7. The summed E-state index contributed by atoms with van der Waals surface area (Å²) in [7, 11) is -3.35. The highest BCUT2D eigenvalue weighted by Gasteiger charge is 2.52. The van der Waals surface area contributed by atoms with E-state index in [4.69, 9.17) is 9.47 Å². The Bertz CT molecular complexity index is 649. The molecule has 0 radical (unpaired) electrons. The molecule has 4 aliphatic rings. The molecule has 4 fully saturated rings. The topological polar surface area (TPSA) is 76.2 Å². The monoisotopic (exact) mass is 376 g/mol. The maximum Gasteiger partial charge on any atom is 0.260 e. The van der Waals surface area contributed by atoms with Gasteiger partial charge in [-0.05, 0) is 32.1 Å². The average Bonchev–Trinajstić information content (AvgIpc) is 3.40. The fourth-order valence-electron chi connectivity index (χ4n) is 3.85. The molecule has 1 amide bonds. The minimum Gasteiger partial charge on any atom is -0.377 e. The third-order valence-corrected chi connectivity index (χ3v) is 8.03. The van der Waals surface area contributed by atoms with Gasteiger partial charge in [0.25, 0.3) is 5.91 Å². The van der Waals surface area contributed by atoms with Crippen LogP contribution in [0.15, 0.2) is 0 Å². The minimum atomic E-state index is -3.35. The Balaban J connectivity index is 1.51. The van der Waals surface area contributed by atoms with Gasteiger partial charge in [-0.2, -0.15) is 4.31 Å². The summed E-state index contributed by atoms with van der Waals surface area (Å²) in [4.78, 5) is 14.0. The molecule has 1 unspecified atom stereocenters. The summed E-state index contributed by atoms with van der Waals surface area (Å²) in [5.41, 5.74) is -2.66. The molecule has 4 rings (SSSR count). The molecule has 2 aliphatic carbocycles. The average molecular weight is 376 g/mol. The molecular formula is C16H25FN2O5S. The van der Waals surface area contributed by atoms with Gasteiger partial charge >= 0.3 is 0 Å². The van der Waals surface area contributed by atoms with E-state index in [9.17, 15) is 17.6 Å².